The number of benzene rings is 1. The number of carbonyl (C=O) groups excluding carboxylic acids is 2. The molecule has 3 rings (SSSR count). The van der Waals surface area contributed by atoms with Crippen molar-refractivity contribution in [1.82, 2.24) is 15.1 Å². The molecule has 0 saturated carbocycles. The van der Waals surface area contributed by atoms with Gasteiger partial charge in [-0.3, -0.25) is 14.3 Å². The van der Waals surface area contributed by atoms with Crippen LogP contribution in [0.2, 0.25) is 0 Å². The van der Waals surface area contributed by atoms with Gasteiger partial charge in [0, 0.05) is 19.3 Å². The molecule has 1 saturated heterocycles. The molecule has 3 atom stereocenters. The van der Waals surface area contributed by atoms with Crippen LogP contribution in [0.15, 0.2) is 18.2 Å². The maximum absolute atomic E-state index is 13.2. The van der Waals surface area contributed by atoms with E-state index in [9.17, 15) is 18.0 Å². The first kappa shape index (κ1) is 25.3. The summed E-state index contributed by atoms with van der Waals surface area (Å²) in [5.74, 6) is 0.0656. The molecule has 0 aromatic heterocycles. The number of amides is 2. The normalized spacial score (nSPS) is 23.1. The van der Waals surface area contributed by atoms with Crippen molar-refractivity contribution in [2.24, 2.45) is 0 Å². The quantitative estimate of drug-likeness (QED) is 0.529. The van der Waals surface area contributed by atoms with E-state index in [0.717, 1.165) is 19.2 Å². The van der Waals surface area contributed by atoms with Gasteiger partial charge in [0.15, 0.2) is 0 Å². The SMILES string of the molecule is CN(C)CCCNC(=O)C[C@@H]1CC[C@@H]2[C@H](COc3ccc(NS(C)(=O)=O)cc3C(=O)N2C)O1. The fraction of sp³-hybridized carbons (Fsp3) is 0.636. The zero-order chi connectivity index (χ0) is 24.2. The molecule has 2 N–H and O–H groups in total. The number of carbonyl (C=O) groups is 2. The number of sulfonamides is 1. The molecule has 2 aliphatic rings. The summed E-state index contributed by atoms with van der Waals surface area (Å²) in [6.07, 6.45) is 2.97. The van der Waals surface area contributed by atoms with Crippen molar-refractivity contribution < 1.29 is 27.5 Å². The van der Waals surface area contributed by atoms with Crippen molar-refractivity contribution in [3.63, 3.8) is 0 Å². The van der Waals surface area contributed by atoms with Crippen molar-refractivity contribution in [3.8, 4) is 5.75 Å². The number of fused-ring (bicyclic) bond motifs is 2. The van der Waals surface area contributed by atoms with Crippen LogP contribution >= 0.6 is 0 Å². The summed E-state index contributed by atoms with van der Waals surface area (Å²) in [5, 5.41) is 2.94. The van der Waals surface area contributed by atoms with E-state index >= 15 is 0 Å². The van der Waals surface area contributed by atoms with Gasteiger partial charge in [0.1, 0.15) is 18.5 Å². The van der Waals surface area contributed by atoms with Gasteiger partial charge in [-0.05, 0) is 58.1 Å². The predicted molar refractivity (Wildman–Crippen MR) is 125 cm³/mol. The van der Waals surface area contributed by atoms with Gasteiger partial charge in [0.2, 0.25) is 15.9 Å². The number of ether oxygens (including phenoxy) is 2. The molecule has 10 nitrogen and oxygen atoms in total. The lowest BCUT2D eigenvalue weighted by Gasteiger charge is -2.42. The second-order valence-corrected chi connectivity index (χ2v) is 10.7. The van der Waals surface area contributed by atoms with E-state index in [1.807, 2.05) is 14.1 Å². The summed E-state index contributed by atoms with van der Waals surface area (Å²) in [6.45, 7) is 1.77. The molecular weight excluding hydrogens is 448 g/mol. The van der Waals surface area contributed by atoms with Gasteiger partial charge >= 0.3 is 0 Å². The van der Waals surface area contributed by atoms with Crippen LogP contribution in [-0.2, 0) is 19.6 Å². The average molecular weight is 483 g/mol. The van der Waals surface area contributed by atoms with Crippen LogP contribution in [0.3, 0.4) is 0 Å². The number of anilines is 1. The van der Waals surface area contributed by atoms with E-state index in [1.165, 1.54) is 6.07 Å². The second kappa shape index (κ2) is 10.7. The maximum Gasteiger partial charge on any atom is 0.257 e. The Balaban J connectivity index is 1.63. The second-order valence-electron chi connectivity index (χ2n) is 8.96. The third-order valence-electron chi connectivity index (χ3n) is 5.83. The van der Waals surface area contributed by atoms with E-state index in [0.29, 0.717) is 36.4 Å². The van der Waals surface area contributed by atoms with E-state index in [1.54, 1.807) is 24.1 Å². The summed E-state index contributed by atoms with van der Waals surface area (Å²) >= 11 is 0. The minimum Gasteiger partial charge on any atom is -0.490 e. The standard InChI is InChI=1S/C22H34N4O6S/c1-25(2)11-5-10-23-21(27)13-16-7-8-18-20(32-16)14-31-19-9-6-15(24-33(4,29)30)12-17(19)22(28)26(18)3/h6,9,12,16,18,20,24H,5,7-8,10-11,13-14H2,1-4H3,(H,23,27)/t16-,18+,20-/m0/s1. The molecule has 0 aliphatic carbocycles. The van der Waals surface area contributed by atoms with E-state index in [4.69, 9.17) is 9.47 Å². The van der Waals surface area contributed by atoms with E-state index in [2.05, 4.69) is 14.9 Å². The molecule has 0 spiro atoms. The highest BCUT2D eigenvalue weighted by Crippen LogP contribution is 2.32. The number of nitrogens with one attached hydrogen (secondary N) is 2. The smallest absolute Gasteiger partial charge is 0.257 e. The molecule has 33 heavy (non-hydrogen) atoms. The summed E-state index contributed by atoms with van der Waals surface area (Å²) in [6, 6.07) is 4.42. The van der Waals surface area contributed by atoms with E-state index < -0.39 is 10.0 Å². The highest BCUT2D eigenvalue weighted by atomic mass is 32.2. The van der Waals surface area contributed by atoms with Gasteiger partial charge in [-0.25, -0.2) is 8.42 Å². The molecule has 2 aliphatic heterocycles. The molecule has 2 heterocycles. The van der Waals surface area contributed by atoms with Gasteiger partial charge in [-0.2, -0.15) is 0 Å². The number of nitrogens with zero attached hydrogens (tertiary/aromatic N) is 2. The highest BCUT2D eigenvalue weighted by molar-refractivity contribution is 7.92. The first-order chi connectivity index (χ1) is 15.5. The third kappa shape index (κ3) is 7.05. The fourth-order valence-corrected chi connectivity index (χ4v) is 4.76. The minimum absolute atomic E-state index is 0.0374. The zero-order valence-corrected chi connectivity index (χ0v) is 20.5. The Bertz CT molecular complexity index is 968. The molecule has 0 bridgehead atoms. The van der Waals surface area contributed by atoms with Crippen LogP contribution in [0.4, 0.5) is 5.69 Å². The van der Waals surface area contributed by atoms with Gasteiger partial charge < -0.3 is 24.6 Å². The molecule has 1 aromatic rings. The van der Waals surface area contributed by atoms with E-state index in [-0.39, 0.29) is 43.1 Å². The molecule has 184 valence electrons. The van der Waals surface area contributed by atoms with Crippen molar-refractivity contribution >= 4 is 27.5 Å². The van der Waals surface area contributed by atoms with Crippen LogP contribution in [0.1, 0.15) is 36.0 Å². The molecule has 0 unspecified atom stereocenters. The van der Waals surface area contributed by atoms with Gasteiger partial charge in [-0.1, -0.05) is 0 Å². The average Bonchev–Trinajstić information content (AvgIpc) is 2.73. The Morgan fingerprint density at radius 3 is 2.73 bits per heavy atom. The molecule has 11 heteroatoms. The van der Waals surface area contributed by atoms with Crippen molar-refractivity contribution in [3.05, 3.63) is 23.8 Å². The maximum atomic E-state index is 13.2. The van der Waals surface area contributed by atoms with Crippen molar-refractivity contribution in [2.45, 2.75) is 43.9 Å². The summed E-state index contributed by atoms with van der Waals surface area (Å²) < 4.78 is 37.6. The Labute approximate surface area is 195 Å². The highest BCUT2D eigenvalue weighted by Gasteiger charge is 2.39. The minimum atomic E-state index is -3.47. The topological polar surface area (TPSA) is 117 Å². The monoisotopic (exact) mass is 482 g/mol. The summed E-state index contributed by atoms with van der Waals surface area (Å²) in [7, 11) is 2.24. The van der Waals surface area contributed by atoms with Gasteiger partial charge in [0.25, 0.3) is 5.91 Å². The Kier molecular flexibility index (Phi) is 8.19. The predicted octanol–water partition coefficient (Wildman–Crippen LogP) is 0.897. The largest absolute Gasteiger partial charge is 0.490 e. The number of hydrogen-bond acceptors (Lipinski definition) is 7. The molecule has 1 aromatic carbocycles. The van der Waals surface area contributed by atoms with Crippen molar-refractivity contribution in [2.75, 3.05) is 51.8 Å². The van der Waals surface area contributed by atoms with Crippen LogP contribution < -0.4 is 14.8 Å². The van der Waals surface area contributed by atoms with Crippen LogP contribution in [-0.4, -0.2) is 95.4 Å². The number of hydrogen-bond donors (Lipinski definition) is 2. The number of likely N-dealkylation sites (N-methyl/N-ethyl adjacent to an activating group) is 1. The van der Waals surface area contributed by atoms with Crippen molar-refractivity contribution in [1.29, 1.82) is 0 Å². The lowest BCUT2D eigenvalue weighted by molar-refractivity contribution is -0.134. The van der Waals surface area contributed by atoms with Crippen LogP contribution in [0, 0.1) is 0 Å². The molecule has 1 fully saturated rings. The Morgan fingerprint density at radius 2 is 2.03 bits per heavy atom. The summed E-state index contributed by atoms with van der Waals surface area (Å²) in [5.41, 5.74) is 0.596. The van der Waals surface area contributed by atoms with Gasteiger partial charge in [-0.15, -0.1) is 0 Å². The first-order valence-electron chi connectivity index (χ1n) is 11.1. The lowest BCUT2D eigenvalue weighted by Crippen LogP contribution is -2.54. The summed E-state index contributed by atoms with van der Waals surface area (Å²) in [4.78, 5) is 29.2. The first-order valence-corrected chi connectivity index (χ1v) is 13.0. The van der Waals surface area contributed by atoms with Crippen LogP contribution in [0.5, 0.6) is 5.75 Å². The molecular formula is C22H34N4O6S. The number of rotatable bonds is 8. The van der Waals surface area contributed by atoms with Crippen LogP contribution in [0.25, 0.3) is 0 Å². The Hall–Kier alpha value is -2.37. The molecule has 2 amide bonds. The zero-order valence-electron chi connectivity index (χ0n) is 19.7. The Morgan fingerprint density at radius 1 is 1.27 bits per heavy atom. The lowest BCUT2D eigenvalue weighted by atomic mass is 9.94. The third-order valence-corrected chi connectivity index (χ3v) is 6.44. The fourth-order valence-electron chi connectivity index (χ4n) is 4.21. The van der Waals surface area contributed by atoms with Gasteiger partial charge in [0.05, 0.1) is 30.4 Å². The molecule has 0 radical (unpaired) electrons.